The first kappa shape index (κ1) is 12.0. The SMILES string of the molecule is CCNCCNCCC1CCN(C)C1. The minimum absolute atomic E-state index is 0.937. The van der Waals surface area contributed by atoms with Crippen molar-refractivity contribution in [2.24, 2.45) is 5.92 Å². The second kappa shape index (κ2) is 7.21. The number of nitrogens with one attached hydrogen (secondary N) is 2. The lowest BCUT2D eigenvalue weighted by Crippen LogP contribution is -2.28. The molecule has 0 spiro atoms. The van der Waals surface area contributed by atoms with Crippen LogP contribution in [0.25, 0.3) is 0 Å². The molecule has 1 saturated heterocycles. The highest BCUT2D eigenvalue weighted by atomic mass is 15.1. The largest absolute Gasteiger partial charge is 0.316 e. The van der Waals surface area contributed by atoms with Gasteiger partial charge in [0.15, 0.2) is 0 Å². The summed E-state index contributed by atoms with van der Waals surface area (Å²) >= 11 is 0. The minimum atomic E-state index is 0.937. The highest BCUT2D eigenvalue weighted by molar-refractivity contribution is 4.73. The first-order valence-corrected chi connectivity index (χ1v) is 5.93. The lowest BCUT2D eigenvalue weighted by molar-refractivity contribution is 0.385. The van der Waals surface area contributed by atoms with E-state index in [0.717, 1.165) is 25.6 Å². The summed E-state index contributed by atoms with van der Waals surface area (Å²) in [6.07, 6.45) is 2.74. The highest BCUT2D eigenvalue weighted by Gasteiger charge is 2.18. The van der Waals surface area contributed by atoms with Crippen LogP contribution in [0.1, 0.15) is 19.8 Å². The summed E-state index contributed by atoms with van der Waals surface area (Å²) in [5.41, 5.74) is 0. The molecule has 1 aliphatic rings. The Morgan fingerprint density at radius 3 is 2.64 bits per heavy atom. The molecular weight excluding hydrogens is 174 g/mol. The molecule has 0 aromatic heterocycles. The first-order chi connectivity index (χ1) is 6.83. The van der Waals surface area contributed by atoms with Gasteiger partial charge in [-0.2, -0.15) is 0 Å². The molecule has 1 fully saturated rings. The fourth-order valence-electron chi connectivity index (χ4n) is 2.05. The smallest absolute Gasteiger partial charge is 0.00767 e. The van der Waals surface area contributed by atoms with Crippen LogP contribution in [0.4, 0.5) is 0 Å². The Morgan fingerprint density at radius 2 is 2.00 bits per heavy atom. The van der Waals surface area contributed by atoms with E-state index < -0.39 is 0 Å². The topological polar surface area (TPSA) is 27.3 Å². The Bertz CT molecular complexity index is 138. The summed E-state index contributed by atoms with van der Waals surface area (Å²) in [6.45, 7) is 9.21. The molecule has 1 rings (SSSR count). The number of rotatable bonds is 7. The average Bonchev–Trinajstić information content (AvgIpc) is 2.58. The number of hydrogen-bond acceptors (Lipinski definition) is 3. The van der Waals surface area contributed by atoms with E-state index in [0.29, 0.717) is 0 Å². The Morgan fingerprint density at radius 1 is 1.21 bits per heavy atom. The van der Waals surface area contributed by atoms with Crippen molar-refractivity contribution in [2.75, 3.05) is 46.3 Å². The van der Waals surface area contributed by atoms with Crippen molar-refractivity contribution >= 4 is 0 Å². The maximum absolute atomic E-state index is 3.48. The van der Waals surface area contributed by atoms with E-state index in [1.165, 1.54) is 32.5 Å². The zero-order chi connectivity index (χ0) is 10.2. The molecule has 0 saturated carbocycles. The minimum Gasteiger partial charge on any atom is -0.316 e. The van der Waals surface area contributed by atoms with Gasteiger partial charge in [-0.25, -0.2) is 0 Å². The van der Waals surface area contributed by atoms with Gasteiger partial charge in [-0.1, -0.05) is 6.92 Å². The predicted molar refractivity (Wildman–Crippen MR) is 61.6 cm³/mol. The molecule has 0 amide bonds. The summed E-state index contributed by atoms with van der Waals surface area (Å²) in [6, 6.07) is 0. The van der Waals surface area contributed by atoms with Gasteiger partial charge in [0.1, 0.15) is 0 Å². The lowest BCUT2D eigenvalue weighted by atomic mass is 10.1. The van der Waals surface area contributed by atoms with Gasteiger partial charge in [-0.05, 0) is 45.4 Å². The molecule has 2 N–H and O–H groups in total. The molecule has 84 valence electrons. The van der Waals surface area contributed by atoms with Gasteiger partial charge >= 0.3 is 0 Å². The van der Waals surface area contributed by atoms with Gasteiger partial charge < -0.3 is 15.5 Å². The van der Waals surface area contributed by atoms with E-state index in [9.17, 15) is 0 Å². The molecule has 1 atom stereocenters. The molecule has 3 nitrogen and oxygen atoms in total. The van der Waals surface area contributed by atoms with Crippen LogP contribution in [-0.4, -0.2) is 51.2 Å². The fourth-order valence-corrected chi connectivity index (χ4v) is 2.05. The molecule has 1 unspecified atom stereocenters. The van der Waals surface area contributed by atoms with E-state index in [-0.39, 0.29) is 0 Å². The van der Waals surface area contributed by atoms with E-state index in [4.69, 9.17) is 0 Å². The fraction of sp³-hybridized carbons (Fsp3) is 1.00. The number of nitrogens with zero attached hydrogens (tertiary/aromatic N) is 1. The third-order valence-corrected chi connectivity index (χ3v) is 2.95. The van der Waals surface area contributed by atoms with Crippen LogP contribution in [0.2, 0.25) is 0 Å². The van der Waals surface area contributed by atoms with Crippen molar-refractivity contribution in [1.29, 1.82) is 0 Å². The van der Waals surface area contributed by atoms with Gasteiger partial charge in [-0.15, -0.1) is 0 Å². The lowest BCUT2D eigenvalue weighted by Gasteiger charge is -2.10. The monoisotopic (exact) mass is 199 g/mol. The quantitative estimate of drug-likeness (QED) is 0.586. The van der Waals surface area contributed by atoms with Gasteiger partial charge in [0.05, 0.1) is 0 Å². The van der Waals surface area contributed by atoms with Gasteiger partial charge in [-0.3, -0.25) is 0 Å². The molecular formula is C11H25N3. The summed E-state index contributed by atoms with van der Waals surface area (Å²) in [4.78, 5) is 2.43. The summed E-state index contributed by atoms with van der Waals surface area (Å²) in [5.74, 6) is 0.937. The van der Waals surface area contributed by atoms with Crippen molar-refractivity contribution in [3.05, 3.63) is 0 Å². The third-order valence-electron chi connectivity index (χ3n) is 2.95. The van der Waals surface area contributed by atoms with Crippen LogP contribution in [0.15, 0.2) is 0 Å². The maximum atomic E-state index is 3.48. The normalized spacial score (nSPS) is 23.1. The maximum Gasteiger partial charge on any atom is 0.00767 e. The third kappa shape index (κ3) is 4.94. The van der Waals surface area contributed by atoms with Crippen LogP contribution < -0.4 is 10.6 Å². The summed E-state index contributed by atoms with van der Waals surface area (Å²) < 4.78 is 0. The van der Waals surface area contributed by atoms with Crippen molar-refractivity contribution < 1.29 is 0 Å². The van der Waals surface area contributed by atoms with Gasteiger partial charge in [0.25, 0.3) is 0 Å². The van der Waals surface area contributed by atoms with Crippen LogP contribution in [0.5, 0.6) is 0 Å². The van der Waals surface area contributed by atoms with Crippen molar-refractivity contribution in [3.63, 3.8) is 0 Å². The molecule has 14 heavy (non-hydrogen) atoms. The molecule has 3 heteroatoms. The second-order valence-electron chi connectivity index (χ2n) is 4.31. The molecule has 0 aromatic carbocycles. The number of likely N-dealkylation sites (tertiary alicyclic amines) is 1. The molecule has 0 radical (unpaired) electrons. The first-order valence-electron chi connectivity index (χ1n) is 5.93. The van der Waals surface area contributed by atoms with Gasteiger partial charge in [0, 0.05) is 19.6 Å². The van der Waals surface area contributed by atoms with Crippen molar-refractivity contribution in [2.45, 2.75) is 19.8 Å². The Balaban J connectivity index is 1.84. The van der Waals surface area contributed by atoms with E-state index in [2.05, 4.69) is 29.5 Å². The van der Waals surface area contributed by atoms with Crippen LogP contribution in [0.3, 0.4) is 0 Å². The zero-order valence-corrected chi connectivity index (χ0v) is 9.68. The zero-order valence-electron chi connectivity index (χ0n) is 9.68. The van der Waals surface area contributed by atoms with Crippen LogP contribution >= 0.6 is 0 Å². The summed E-state index contributed by atoms with van der Waals surface area (Å²) in [7, 11) is 2.22. The molecule has 1 heterocycles. The Kier molecular flexibility index (Phi) is 6.15. The Labute approximate surface area is 88.2 Å². The standard InChI is InChI=1S/C11H25N3/c1-3-12-7-8-13-6-4-11-5-9-14(2)10-11/h11-13H,3-10H2,1-2H3. The van der Waals surface area contributed by atoms with E-state index in [1.807, 2.05) is 0 Å². The van der Waals surface area contributed by atoms with Crippen LogP contribution in [0, 0.1) is 5.92 Å². The number of likely N-dealkylation sites (N-methyl/N-ethyl adjacent to an activating group) is 1. The van der Waals surface area contributed by atoms with Crippen molar-refractivity contribution in [1.82, 2.24) is 15.5 Å². The Hall–Kier alpha value is -0.120. The second-order valence-corrected chi connectivity index (χ2v) is 4.31. The molecule has 0 aromatic rings. The molecule has 0 aliphatic carbocycles. The highest BCUT2D eigenvalue weighted by Crippen LogP contribution is 2.16. The number of hydrogen-bond donors (Lipinski definition) is 2. The predicted octanol–water partition coefficient (Wildman–Crippen LogP) is 0.527. The molecule has 1 aliphatic heterocycles. The van der Waals surface area contributed by atoms with E-state index in [1.54, 1.807) is 0 Å². The molecule has 0 bridgehead atoms. The average molecular weight is 199 g/mol. The van der Waals surface area contributed by atoms with E-state index >= 15 is 0 Å². The van der Waals surface area contributed by atoms with Gasteiger partial charge in [0.2, 0.25) is 0 Å². The van der Waals surface area contributed by atoms with Crippen LogP contribution in [-0.2, 0) is 0 Å². The van der Waals surface area contributed by atoms with Crippen molar-refractivity contribution in [3.8, 4) is 0 Å². The summed E-state index contributed by atoms with van der Waals surface area (Å²) in [5, 5.41) is 6.79.